The Bertz CT molecular complexity index is 519. The number of nitrogens with zero attached hydrogens (tertiary/aromatic N) is 2. The summed E-state index contributed by atoms with van der Waals surface area (Å²) in [6.45, 7) is 3.09. The molecule has 2 N–H and O–H groups in total. The molecule has 1 saturated carbocycles. The van der Waals surface area contributed by atoms with Gasteiger partial charge in [-0.25, -0.2) is 4.98 Å². The summed E-state index contributed by atoms with van der Waals surface area (Å²) >= 11 is 0. The summed E-state index contributed by atoms with van der Waals surface area (Å²) in [5.74, 6) is 1.79. The molecule has 2 aromatic rings. The molecule has 1 aromatic carbocycles. The second-order valence-corrected chi connectivity index (χ2v) is 5.14. The predicted octanol–water partition coefficient (Wildman–Crippen LogP) is 2.43. The first-order chi connectivity index (χ1) is 9.86. The molecule has 1 fully saturated rings. The number of ether oxygens (including phenoxy) is 1. The van der Waals surface area contributed by atoms with Crippen molar-refractivity contribution in [1.29, 1.82) is 0 Å². The van der Waals surface area contributed by atoms with Crippen molar-refractivity contribution in [3.8, 4) is 5.75 Å². The first kappa shape index (κ1) is 13.1. The Labute approximate surface area is 118 Å². The van der Waals surface area contributed by atoms with E-state index < -0.39 is 0 Å². The molecule has 1 atom stereocenters. The van der Waals surface area contributed by atoms with Crippen LogP contribution in [-0.2, 0) is 0 Å². The van der Waals surface area contributed by atoms with Crippen molar-refractivity contribution < 1.29 is 4.74 Å². The summed E-state index contributed by atoms with van der Waals surface area (Å²) in [5, 5.41) is 10.4. The molecule has 1 heterocycles. The summed E-state index contributed by atoms with van der Waals surface area (Å²) in [6.07, 6.45) is 5.42. The molecule has 1 unspecified atom stereocenters. The van der Waals surface area contributed by atoms with Crippen LogP contribution < -0.4 is 10.1 Å². The third kappa shape index (κ3) is 3.17. The maximum Gasteiger partial charge on any atom is 0.145 e. The molecule has 106 valence electrons. The van der Waals surface area contributed by atoms with Gasteiger partial charge in [-0.3, -0.25) is 5.10 Å². The van der Waals surface area contributed by atoms with Crippen LogP contribution in [-0.4, -0.2) is 27.8 Å². The van der Waals surface area contributed by atoms with Gasteiger partial charge in [0.2, 0.25) is 0 Å². The molecule has 20 heavy (non-hydrogen) atoms. The Morgan fingerprint density at radius 2 is 2.15 bits per heavy atom. The quantitative estimate of drug-likeness (QED) is 0.812. The van der Waals surface area contributed by atoms with Crippen molar-refractivity contribution >= 4 is 0 Å². The lowest BCUT2D eigenvalue weighted by molar-refractivity contribution is 0.303. The molecule has 5 nitrogen and oxygen atoms in total. The lowest BCUT2D eigenvalue weighted by Gasteiger charge is -2.17. The monoisotopic (exact) mass is 272 g/mol. The van der Waals surface area contributed by atoms with Gasteiger partial charge in [0.25, 0.3) is 0 Å². The Morgan fingerprint density at radius 1 is 1.35 bits per heavy atom. The Hall–Kier alpha value is -1.88. The highest BCUT2D eigenvalue weighted by Gasteiger charge is 2.23. The molecular formula is C15H20N4O. The number of hydrogen-bond donors (Lipinski definition) is 2. The summed E-state index contributed by atoms with van der Waals surface area (Å²) in [5.41, 5.74) is 1.17. The fourth-order valence-electron chi connectivity index (χ4n) is 2.13. The van der Waals surface area contributed by atoms with E-state index in [1.807, 2.05) is 12.1 Å². The molecule has 0 aliphatic heterocycles. The molecule has 0 bridgehead atoms. The second kappa shape index (κ2) is 6.05. The van der Waals surface area contributed by atoms with E-state index in [0.717, 1.165) is 24.5 Å². The molecule has 1 aliphatic carbocycles. The molecule has 0 radical (unpaired) electrons. The van der Waals surface area contributed by atoms with E-state index in [0.29, 0.717) is 6.10 Å². The van der Waals surface area contributed by atoms with E-state index in [1.54, 1.807) is 6.33 Å². The average Bonchev–Trinajstić information content (AvgIpc) is 3.12. The van der Waals surface area contributed by atoms with Crippen LogP contribution in [0.5, 0.6) is 5.75 Å². The predicted molar refractivity (Wildman–Crippen MR) is 76.6 cm³/mol. The summed E-state index contributed by atoms with van der Waals surface area (Å²) in [6, 6.07) is 8.29. The number of hydrogen-bond acceptors (Lipinski definition) is 4. The fraction of sp³-hybridized carbons (Fsp3) is 0.467. The zero-order valence-electron chi connectivity index (χ0n) is 11.7. The fourth-order valence-corrected chi connectivity index (χ4v) is 2.13. The maximum atomic E-state index is 5.78. The third-order valence-electron chi connectivity index (χ3n) is 3.35. The second-order valence-electron chi connectivity index (χ2n) is 5.14. The van der Waals surface area contributed by atoms with E-state index in [-0.39, 0.29) is 6.04 Å². The SMILES string of the molecule is CCCNC(c1ccc(OC2CC2)cc1)c1ncn[nH]1. The Morgan fingerprint density at radius 3 is 2.75 bits per heavy atom. The van der Waals surface area contributed by atoms with Crippen molar-refractivity contribution in [3.63, 3.8) is 0 Å². The van der Waals surface area contributed by atoms with E-state index in [9.17, 15) is 0 Å². The van der Waals surface area contributed by atoms with Crippen LogP contribution in [0.15, 0.2) is 30.6 Å². The third-order valence-corrected chi connectivity index (χ3v) is 3.35. The minimum absolute atomic E-state index is 0.0485. The maximum absolute atomic E-state index is 5.78. The van der Waals surface area contributed by atoms with Gasteiger partial charge in [0.05, 0.1) is 12.1 Å². The number of H-pyrrole nitrogens is 1. The summed E-state index contributed by atoms with van der Waals surface area (Å²) < 4.78 is 5.78. The number of rotatable bonds is 7. The largest absolute Gasteiger partial charge is 0.490 e. The van der Waals surface area contributed by atoms with E-state index in [1.165, 1.54) is 18.4 Å². The van der Waals surface area contributed by atoms with E-state index >= 15 is 0 Å². The minimum atomic E-state index is 0.0485. The van der Waals surface area contributed by atoms with E-state index in [2.05, 4.69) is 39.6 Å². The molecule has 1 aliphatic rings. The standard InChI is InChI=1S/C15H20N4O/c1-2-9-16-14(15-17-10-18-19-15)11-3-5-12(6-4-11)20-13-7-8-13/h3-6,10,13-14,16H,2,7-9H2,1H3,(H,17,18,19). The lowest BCUT2D eigenvalue weighted by Crippen LogP contribution is -2.24. The molecular weight excluding hydrogens is 252 g/mol. The highest BCUT2D eigenvalue weighted by Crippen LogP contribution is 2.28. The Balaban J connectivity index is 1.75. The topological polar surface area (TPSA) is 62.8 Å². The average molecular weight is 272 g/mol. The van der Waals surface area contributed by atoms with Gasteiger partial charge in [-0.2, -0.15) is 5.10 Å². The lowest BCUT2D eigenvalue weighted by atomic mass is 10.1. The summed E-state index contributed by atoms with van der Waals surface area (Å²) in [4.78, 5) is 4.27. The number of aromatic amines is 1. The number of nitrogens with one attached hydrogen (secondary N) is 2. The molecule has 1 aromatic heterocycles. The van der Waals surface area contributed by atoms with Gasteiger partial charge < -0.3 is 10.1 Å². The van der Waals surface area contributed by atoms with Gasteiger partial charge in [-0.1, -0.05) is 19.1 Å². The van der Waals surface area contributed by atoms with Crippen LogP contribution in [0.2, 0.25) is 0 Å². The van der Waals surface area contributed by atoms with Crippen LogP contribution >= 0.6 is 0 Å². The van der Waals surface area contributed by atoms with Gasteiger partial charge in [0.1, 0.15) is 17.9 Å². The molecule has 0 spiro atoms. The smallest absolute Gasteiger partial charge is 0.145 e. The van der Waals surface area contributed by atoms with Crippen molar-refractivity contribution in [2.75, 3.05) is 6.54 Å². The zero-order chi connectivity index (χ0) is 13.8. The van der Waals surface area contributed by atoms with Crippen molar-refractivity contribution in [3.05, 3.63) is 42.0 Å². The van der Waals surface area contributed by atoms with Crippen LogP contribution in [0.3, 0.4) is 0 Å². The van der Waals surface area contributed by atoms with Crippen molar-refractivity contribution in [2.24, 2.45) is 0 Å². The number of aromatic nitrogens is 3. The molecule has 0 saturated heterocycles. The highest BCUT2D eigenvalue weighted by molar-refractivity contribution is 5.32. The highest BCUT2D eigenvalue weighted by atomic mass is 16.5. The molecule has 5 heteroatoms. The van der Waals surface area contributed by atoms with Crippen molar-refractivity contribution in [1.82, 2.24) is 20.5 Å². The minimum Gasteiger partial charge on any atom is -0.490 e. The van der Waals surface area contributed by atoms with Crippen LogP contribution in [0, 0.1) is 0 Å². The number of benzene rings is 1. The van der Waals surface area contributed by atoms with E-state index in [4.69, 9.17) is 4.74 Å². The van der Waals surface area contributed by atoms with Gasteiger partial charge in [0, 0.05) is 0 Å². The first-order valence-corrected chi connectivity index (χ1v) is 7.22. The van der Waals surface area contributed by atoms with Crippen LogP contribution in [0.25, 0.3) is 0 Å². The van der Waals surface area contributed by atoms with Crippen LogP contribution in [0.4, 0.5) is 0 Å². The van der Waals surface area contributed by atoms with Crippen molar-refractivity contribution in [2.45, 2.75) is 38.3 Å². The summed E-state index contributed by atoms with van der Waals surface area (Å²) in [7, 11) is 0. The van der Waals surface area contributed by atoms with Gasteiger partial charge in [-0.15, -0.1) is 0 Å². The molecule has 3 rings (SSSR count). The normalized spacial score (nSPS) is 16.1. The van der Waals surface area contributed by atoms with Gasteiger partial charge in [0.15, 0.2) is 0 Å². The van der Waals surface area contributed by atoms with Crippen LogP contribution in [0.1, 0.15) is 43.6 Å². The van der Waals surface area contributed by atoms with Gasteiger partial charge >= 0.3 is 0 Å². The van der Waals surface area contributed by atoms with Gasteiger partial charge in [-0.05, 0) is 43.5 Å². The molecule has 0 amide bonds. The first-order valence-electron chi connectivity index (χ1n) is 7.22. The zero-order valence-corrected chi connectivity index (χ0v) is 11.7. The Kier molecular flexibility index (Phi) is 3.97.